The number of nitrogens with zero attached hydrogens (tertiary/aromatic N) is 1. The lowest BCUT2D eigenvalue weighted by Crippen LogP contribution is -2.45. The van der Waals surface area contributed by atoms with Gasteiger partial charge >= 0.3 is 0 Å². The molecule has 3 rings (SSSR count). The van der Waals surface area contributed by atoms with E-state index in [1.807, 2.05) is 0 Å². The first-order chi connectivity index (χ1) is 9.81. The summed E-state index contributed by atoms with van der Waals surface area (Å²) in [5.74, 6) is 1.93. The Kier molecular flexibility index (Phi) is 4.65. The van der Waals surface area contributed by atoms with Crippen molar-refractivity contribution in [1.82, 2.24) is 4.90 Å². The van der Waals surface area contributed by atoms with Crippen LogP contribution in [-0.4, -0.2) is 29.9 Å². The molecule has 0 spiro atoms. The van der Waals surface area contributed by atoms with Crippen LogP contribution in [0.4, 0.5) is 0 Å². The molecule has 1 heterocycles. The number of carbonyl (C=O) groups excluding carboxylic acids is 1. The smallest absolute Gasteiger partial charge is 0.226 e. The van der Waals surface area contributed by atoms with Crippen molar-refractivity contribution >= 4 is 5.91 Å². The van der Waals surface area contributed by atoms with Gasteiger partial charge in [0.1, 0.15) is 0 Å². The van der Waals surface area contributed by atoms with Crippen LogP contribution in [0.25, 0.3) is 0 Å². The Morgan fingerprint density at radius 1 is 0.950 bits per heavy atom. The second-order valence-corrected chi connectivity index (χ2v) is 7.17. The van der Waals surface area contributed by atoms with Crippen LogP contribution >= 0.6 is 0 Å². The van der Waals surface area contributed by atoms with Crippen molar-refractivity contribution in [1.29, 1.82) is 0 Å². The molecular formula is C17H30N2O. The van der Waals surface area contributed by atoms with Crippen LogP contribution in [0.3, 0.4) is 0 Å². The van der Waals surface area contributed by atoms with Gasteiger partial charge < -0.3 is 10.6 Å². The fraction of sp³-hybridized carbons (Fsp3) is 0.941. The zero-order valence-electron chi connectivity index (χ0n) is 12.7. The Labute approximate surface area is 123 Å². The average Bonchev–Trinajstić information content (AvgIpc) is 3.16. The zero-order chi connectivity index (χ0) is 13.9. The molecule has 0 bridgehead atoms. The Bertz CT molecular complexity index is 338. The van der Waals surface area contributed by atoms with E-state index >= 15 is 0 Å². The molecule has 2 saturated carbocycles. The maximum absolute atomic E-state index is 12.9. The van der Waals surface area contributed by atoms with Crippen LogP contribution in [0.2, 0.25) is 0 Å². The molecule has 1 saturated heterocycles. The summed E-state index contributed by atoms with van der Waals surface area (Å²) in [4.78, 5) is 15.2. The normalized spacial score (nSPS) is 35.6. The van der Waals surface area contributed by atoms with Gasteiger partial charge in [-0.1, -0.05) is 25.7 Å². The Hall–Kier alpha value is -0.570. The summed E-state index contributed by atoms with van der Waals surface area (Å²) in [5.41, 5.74) is 5.87. The molecule has 3 fully saturated rings. The predicted octanol–water partition coefficient (Wildman–Crippen LogP) is 2.93. The molecule has 3 aliphatic rings. The van der Waals surface area contributed by atoms with Crippen molar-refractivity contribution in [3.63, 3.8) is 0 Å². The van der Waals surface area contributed by atoms with Crippen LogP contribution in [0.5, 0.6) is 0 Å². The van der Waals surface area contributed by atoms with E-state index in [1.165, 1.54) is 51.4 Å². The number of hydrogen-bond donors (Lipinski definition) is 1. The maximum Gasteiger partial charge on any atom is 0.226 e. The van der Waals surface area contributed by atoms with Crippen molar-refractivity contribution in [3.05, 3.63) is 0 Å². The lowest BCUT2D eigenvalue weighted by atomic mass is 9.82. The van der Waals surface area contributed by atoms with Gasteiger partial charge in [-0.2, -0.15) is 0 Å². The zero-order valence-corrected chi connectivity index (χ0v) is 12.7. The molecule has 114 valence electrons. The maximum atomic E-state index is 12.9. The molecular weight excluding hydrogens is 248 g/mol. The molecule has 0 aromatic carbocycles. The predicted molar refractivity (Wildman–Crippen MR) is 81.2 cm³/mol. The van der Waals surface area contributed by atoms with Crippen LogP contribution < -0.4 is 5.73 Å². The van der Waals surface area contributed by atoms with Crippen LogP contribution in [0.1, 0.15) is 64.2 Å². The molecule has 3 nitrogen and oxygen atoms in total. The van der Waals surface area contributed by atoms with Gasteiger partial charge in [0.05, 0.1) is 0 Å². The van der Waals surface area contributed by atoms with Gasteiger partial charge in [-0.25, -0.2) is 0 Å². The van der Waals surface area contributed by atoms with Gasteiger partial charge in [0.2, 0.25) is 5.91 Å². The molecule has 3 atom stereocenters. The standard InChI is InChI=1S/C17H30N2O/c18-12-14-8-4-9-15(14)17(20)19-11-5-10-16(19)13-6-2-1-3-7-13/h13-16H,1-12,18H2/t14-,15-,16?/m1/s1. The van der Waals surface area contributed by atoms with Gasteiger partial charge in [0.15, 0.2) is 0 Å². The molecule has 1 unspecified atom stereocenters. The van der Waals surface area contributed by atoms with Gasteiger partial charge in [0.25, 0.3) is 0 Å². The first-order valence-corrected chi connectivity index (χ1v) is 8.82. The highest BCUT2D eigenvalue weighted by atomic mass is 16.2. The number of carbonyl (C=O) groups is 1. The van der Waals surface area contributed by atoms with E-state index in [4.69, 9.17) is 5.73 Å². The van der Waals surface area contributed by atoms with Crippen molar-refractivity contribution in [2.45, 2.75) is 70.3 Å². The molecule has 2 N–H and O–H groups in total. The second kappa shape index (κ2) is 6.46. The van der Waals surface area contributed by atoms with Gasteiger partial charge in [-0.05, 0) is 56.9 Å². The molecule has 1 aliphatic heterocycles. The number of likely N-dealkylation sites (tertiary alicyclic amines) is 1. The summed E-state index contributed by atoms with van der Waals surface area (Å²) in [6.45, 7) is 1.70. The molecule has 20 heavy (non-hydrogen) atoms. The summed E-state index contributed by atoms with van der Waals surface area (Å²) in [5, 5.41) is 0. The lowest BCUT2D eigenvalue weighted by molar-refractivity contribution is -0.138. The quantitative estimate of drug-likeness (QED) is 0.863. The molecule has 0 radical (unpaired) electrons. The average molecular weight is 278 g/mol. The van der Waals surface area contributed by atoms with Gasteiger partial charge in [0, 0.05) is 18.5 Å². The summed E-state index contributed by atoms with van der Waals surface area (Å²) in [7, 11) is 0. The van der Waals surface area contributed by atoms with E-state index in [0.29, 0.717) is 24.4 Å². The second-order valence-electron chi connectivity index (χ2n) is 7.17. The fourth-order valence-corrected chi connectivity index (χ4v) is 4.93. The molecule has 0 aromatic rings. The fourth-order valence-electron chi connectivity index (χ4n) is 4.93. The largest absolute Gasteiger partial charge is 0.339 e. The highest BCUT2D eigenvalue weighted by Crippen LogP contribution is 2.38. The van der Waals surface area contributed by atoms with Crippen molar-refractivity contribution in [2.75, 3.05) is 13.1 Å². The van der Waals surface area contributed by atoms with E-state index < -0.39 is 0 Å². The molecule has 3 heteroatoms. The minimum absolute atomic E-state index is 0.240. The van der Waals surface area contributed by atoms with E-state index in [-0.39, 0.29) is 5.92 Å². The summed E-state index contributed by atoms with van der Waals surface area (Å²) < 4.78 is 0. The topological polar surface area (TPSA) is 46.3 Å². The minimum atomic E-state index is 0.240. The van der Waals surface area contributed by atoms with Gasteiger partial charge in [-0.15, -0.1) is 0 Å². The third kappa shape index (κ3) is 2.74. The van der Waals surface area contributed by atoms with Crippen LogP contribution in [0.15, 0.2) is 0 Å². The van der Waals surface area contributed by atoms with E-state index in [2.05, 4.69) is 4.90 Å². The van der Waals surface area contributed by atoms with Crippen LogP contribution in [0, 0.1) is 17.8 Å². The van der Waals surface area contributed by atoms with E-state index in [0.717, 1.165) is 25.3 Å². The number of rotatable bonds is 3. The van der Waals surface area contributed by atoms with E-state index in [1.54, 1.807) is 0 Å². The molecule has 0 aromatic heterocycles. The monoisotopic (exact) mass is 278 g/mol. The first-order valence-electron chi connectivity index (χ1n) is 8.82. The highest BCUT2D eigenvalue weighted by molar-refractivity contribution is 5.80. The summed E-state index contributed by atoms with van der Waals surface area (Å²) in [6.07, 6.45) is 12.7. The number of nitrogens with two attached hydrogens (primary N) is 1. The summed E-state index contributed by atoms with van der Waals surface area (Å²) in [6, 6.07) is 0.557. The lowest BCUT2D eigenvalue weighted by Gasteiger charge is -2.36. The molecule has 2 aliphatic carbocycles. The van der Waals surface area contributed by atoms with Crippen LogP contribution in [-0.2, 0) is 4.79 Å². The Balaban J connectivity index is 1.66. The SMILES string of the molecule is NC[C@H]1CCC[C@H]1C(=O)N1CCCC1C1CCCCC1. The highest BCUT2D eigenvalue weighted by Gasteiger charge is 2.41. The Morgan fingerprint density at radius 3 is 2.50 bits per heavy atom. The number of hydrogen-bond acceptors (Lipinski definition) is 2. The third-order valence-electron chi connectivity index (χ3n) is 6.06. The summed E-state index contributed by atoms with van der Waals surface area (Å²) >= 11 is 0. The van der Waals surface area contributed by atoms with Crippen molar-refractivity contribution in [2.24, 2.45) is 23.5 Å². The minimum Gasteiger partial charge on any atom is -0.339 e. The van der Waals surface area contributed by atoms with Crippen molar-refractivity contribution in [3.8, 4) is 0 Å². The van der Waals surface area contributed by atoms with E-state index in [9.17, 15) is 4.79 Å². The molecule has 1 amide bonds. The number of amides is 1. The Morgan fingerprint density at radius 2 is 1.75 bits per heavy atom. The van der Waals surface area contributed by atoms with Crippen molar-refractivity contribution < 1.29 is 4.79 Å². The van der Waals surface area contributed by atoms with Gasteiger partial charge in [-0.3, -0.25) is 4.79 Å². The third-order valence-corrected chi connectivity index (χ3v) is 6.06. The first kappa shape index (κ1) is 14.4.